The van der Waals surface area contributed by atoms with Crippen molar-refractivity contribution in [1.82, 2.24) is 0 Å². The molecule has 0 fully saturated rings. The van der Waals surface area contributed by atoms with Crippen LogP contribution >= 0.6 is 0 Å². The van der Waals surface area contributed by atoms with Crippen LogP contribution in [0.25, 0.3) is 0 Å². The molecule has 2 aromatic carbocycles. The summed E-state index contributed by atoms with van der Waals surface area (Å²) in [5.74, 6) is -1.16. The van der Waals surface area contributed by atoms with Crippen LogP contribution in [0.5, 0.6) is 0 Å². The predicted octanol–water partition coefficient (Wildman–Crippen LogP) is 9.02. The molecule has 0 bridgehead atoms. The van der Waals surface area contributed by atoms with Crippen LogP contribution in [-0.4, -0.2) is 24.5 Å². The number of allylic oxidation sites excluding steroid dienone is 2. The first-order valence-electron chi connectivity index (χ1n) is 15.2. The molecule has 0 spiro atoms. The first-order valence-corrected chi connectivity index (χ1v) is 15.2. The maximum atomic E-state index is 12.5. The average molecular weight is 587 g/mol. The molecule has 0 saturated heterocycles. The van der Waals surface area contributed by atoms with Gasteiger partial charge < -0.3 is 14.2 Å². The van der Waals surface area contributed by atoms with Crippen molar-refractivity contribution in [3.63, 3.8) is 0 Å². The van der Waals surface area contributed by atoms with Crippen LogP contribution in [0.3, 0.4) is 0 Å². The second kappa shape index (κ2) is 19.8. The van der Waals surface area contributed by atoms with E-state index in [1.54, 1.807) is 31.2 Å². The molecule has 6 nitrogen and oxygen atoms in total. The topological polar surface area (TPSA) is 78.9 Å². The first-order chi connectivity index (χ1) is 20.7. The van der Waals surface area contributed by atoms with Gasteiger partial charge in [-0.15, -0.1) is 0 Å². The lowest BCUT2D eigenvalue weighted by molar-refractivity contribution is -0.139. The number of ether oxygens (including phenoxy) is 3. The molecule has 0 unspecified atom stereocenters. The highest BCUT2D eigenvalue weighted by Gasteiger charge is 2.10. The second-order valence-corrected chi connectivity index (χ2v) is 10.7. The van der Waals surface area contributed by atoms with Gasteiger partial charge in [0.2, 0.25) is 0 Å². The van der Waals surface area contributed by atoms with Crippen LogP contribution in [0.4, 0.5) is 0 Å². The van der Waals surface area contributed by atoms with E-state index in [4.69, 9.17) is 14.2 Å². The summed E-state index contributed by atoms with van der Waals surface area (Å²) in [7, 11) is 0. The molecule has 0 aliphatic heterocycles. The van der Waals surface area contributed by atoms with Crippen molar-refractivity contribution < 1.29 is 28.6 Å². The molecule has 0 aliphatic rings. The van der Waals surface area contributed by atoms with E-state index in [2.05, 4.69) is 26.7 Å². The Morgan fingerprint density at radius 2 is 1.05 bits per heavy atom. The van der Waals surface area contributed by atoms with Crippen molar-refractivity contribution in [2.75, 3.05) is 6.61 Å². The molecule has 0 amide bonds. The standard InChI is InChI=1S/C37H46O6/c1-6-7-8-9-12-15-31-19-23-33(24-20-31)36(39)42-29(4)17-18-30(5)43-37(40)34-25-21-32(22-26-34)16-13-10-11-14-27-41-35(38)28(2)3/h17-26H,2,4-16,27H2,1,3H3/b18-17-. The van der Waals surface area contributed by atoms with E-state index in [0.717, 1.165) is 50.5 Å². The van der Waals surface area contributed by atoms with Gasteiger partial charge in [0.1, 0.15) is 11.5 Å². The summed E-state index contributed by atoms with van der Waals surface area (Å²) < 4.78 is 15.7. The zero-order valence-electron chi connectivity index (χ0n) is 25.8. The van der Waals surface area contributed by atoms with Crippen molar-refractivity contribution >= 4 is 17.9 Å². The molecular weight excluding hydrogens is 540 g/mol. The lowest BCUT2D eigenvalue weighted by Crippen LogP contribution is -2.06. The summed E-state index contributed by atoms with van der Waals surface area (Å²) in [6, 6.07) is 14.7. The highest BCUT2D eigenvalue weighted by molar-refractivity contribution is 5.91. The number of unbranched alkanes of at least 4 members (excludes halogenated alkanes) is 7. The first kappa shape index (κ1) is 35.0. The fraction of sp³-hybridized carbons (Fsp3) is 0.378. The average Bonchev–Trinajstić information content (AvgIpc) is 2.99. The molecule has 0 N–H and O–H groups in total. The predicted molar refractivity (Wildman–Crippen MR) is 172 cm³/mol. The summed E-state index contributed by atoms with van der Waals surface area (Å²) in [5.41, 5.74) is 3.59. The maximum Gasteiger partial charge on any atom is 0.343 e. The van der Waals surface area contributed by atoms with Crippen LogP contribution in [0.2, 0.25) is 0 Å². The Balaban J connectivity index is 1.68. The lowest BCUT2D eigenvalue weighted by atomic mass is 10.0. The summed E-state index contributed by atoms with van der Waals surface area (Å²) in [4.78, 5) is 36.3. The maximum absolute atomic E-state index is 12.5. The van der Waals surface area contributed by atoms with Gasteiger partial charge in [0.05, 0.1) is 17.7 Å². The minimum atomic E-state index is -0.529. The highest BCUT2D eigenvalue weighted by atomic mass is 16.5. The van der Waals surface area contributed by atoms with Crippen molar-refractivity contribution in [3.05, 3.63) is 120 Å². The van der Waals surface area contributed by atoms with Crippen molar-refractivity contribution in [2.45, 2.75) is 84.5 Å². The van der Waals surface area contributed by atoms with Crippen LogP contribution in [-0.2, 0) is 31.8 Å². The van der Waals surface area contributed by atoms with Crippen LogP contribution in [0.1, 0.15) is 103 Å². The molecule has 0 saturated carbocycles. The summed E-state index contributed by atoms with van der Waals surface area (Å²) >= 11 is 0. The number of aryl methyl sites for hydroxylation is 2. The monoisotopic (exact) mass is 586 g/mol. The highest BCUT2D eigenvalue weighted by Crippen LogP contribution is 2.15. The Kier molecular flexibility index (Phi) is 16.2. The van der Waals surface area contributed by atoms with Crippen molar-refractivity contribution in [2.24, 2.45) is 0 Å². The zero-order valence-corrected chi connectivity index (χ0v) is 25.8. The van der Waals surface area contributed by atoms with Gasteiger partial charge in [-0.05, 0) is 86.6 Å². The third-order valence-corrected chi connectivity index (χ3v) is 6.79. The molecule has 0 radical (unpaired) electrons. The van der Waals surface area contributed by atoms with Gasteiger partial charge >= 0.3 is 17.9 Å². The second-order valence-electron chi connectivity index (χ2n) is 10.7. The Hall–Kier alpha value is -4.19. The van der Waals surface area contributed by atoms with Crippen LogP contribution < -0.4 is 0 Å². The number of rotatable bonds is 20. The van der Waals surface area contributed by atoms with E-state index in [-0.39, 0.29) is 17.5 Å². The number of carbonyl (C=O) groups excluding carboxylic acids is 3. The Morgan fingerprint density at radius 1 is 0.628 bits per heavy atom. The Labute approximate surface area is 257 Å². The normalized spacial score (nSPS) is 10.7. The van der Waals surface area contributed by atoms with E-state index in [9.17, 15) is 14.4 Å². The largest absolute Gasteiger partial charge is 0.462 e. The Bertz CT molecular complexity index is 1250. The summed E-state index contributed by atoms with van der Waals surface area (Å²) in [6.07, 6.45) is 14.7. The van der Waals surface area contributed by atoms with E-state index < -0.39 is 11.9 Å². The van der Waals surface area contributed by atoms with Gasteiger partial charge in [0.15, 0.2) is 0 Å². The van der Waals surface area contributed by atoms with Gasteiger partial charge in [0.25, 0.3) is 0 Å². The van der Waals surface area contributed by atoms with Gasteiger partial charge in [0, 0.05) is 5.57 Å². The van der Waals surface area contributed by atoms with E-state index in [1.165, 1.54) is 43.4 Å². The molecule has 6 heteroatoms. The molecule has 0 atom stereocenters. The number of esters is 3. The van der Waals surface area contributed by atoms with E-state index in [0.29, 0.717) is 23.3 Å². The van der Waals surface area contributed by atoms with Gasteiger partial charge in [-0.3, -0.25) is 0 Å². The number of benzene rings is 2. The summed E-state index contributed by atoms with van der Waals surface area (Å²) in [6.45, 7) is 15.3. The van der Waals surface area contributed by atoms with Crippen LogP contribution in [0.15, 0.2) is 97.5 Å². The quantitative estimate of drug-likeness (QED) is 0.0385. The third-order valence-electron chi connectivity index (χ3n) is 6.79. The zero-order chi connectivity index (χ0) is 31.5. The van der Waals surface area contributed by atoms with Crippen molar-refractivity contribution in [1.29, 1.82) is 0 Å². The molecule has 43 heavy (non-hydrogen) atoms. The van der Waals surface area contributed by atoms with E-state index >= 15 is 0 Å². The smallest absolute Gasteiger partial charge is 0.343 e. The molecule has 2 rings (SSSR count). The fourth-order valence-electron chi connectivity index (χ4n) is 4.23. The van der Waals surface area contributed by atoms with Gasteiger partial charge in [-0.1, -0.05) is 89.5 Å². The van der Waals surface area contributed by atoms with E-state index in [1.807, 2.05) is 24.3 Å². The third kappa shape index (κ3) is 14.5. The van der Waals surface area contributed by atoms with Gasteiger partial charge in [-0.25, -0.2) is 14.4 Å². The lowest BCUT2D eigenvalue weighted by Gasteiger charge is -2.07. The fourth-order valence-corrected chi connectivity index (χ4v) is 4.23. The van der Waals surface area contributed by atoms with Gasteiger partial charge in [-0.2, -0.15) is 0 Å². The molecule has 230 valence electrons. The molecule has 2 aromatic rings. The van der Waals surface area contributed by atoms with Crippen molar-refractivity contribution in [3.8, 4) is 0 Å². The molecule has 0 heterocycles. The molecule has 0 aromatic heterocycles. The SMILES string of the molecule is C=C(/C=C\C(=C)OC(=O)c1ccc(CCCCCCOC(=O)C(=C)C)cc1)OC(=O)c1ccc(CCCCCCC)cc1. The Morgan fingerprint density at radius 3 is 1.47 bits per heavy atom. The number of hydrogen-bond donors (Lipinski definition) is 0. The number of carbonyl (C=O) groups is 3. The summed E-state index contributed by atoms with van der Waals surface area (Å²) in [5, 5.41) is 0. The molecule has 0 aliphatic carbocycles. The van der Waals surface area contributed by atoms with Crippen LogP contribution in [0, 0.1) is 0 Å². The minimum Gasteiger partial charge on any atom is -0.462 e. The minimum absolute atomic E-state index is 0.100. The number of hydrogen-bond acceptors (Lipinski definition) is 6. The molecular formula is C37H46O6.